The van der Waals surface area contributed by atoms with Gasteiger partial charge in [-0.25, -0.2) is 4.79 Å². The molecule has 0 amide bonds. The molecule has 0 saturated carbocycles. The molecule has 0 bridgehead atoms. The van der Waals surface area contributed by atoms with E-state index in [9.17, 15) is 9.90 Å². The van der Waals surface area contributed by atoms with E-state index in [0.29, 0.717) is 5.56 Å². The van der Waals surface area contributed by atoms with E-state index in [1.54, 1.807) is 12.1 Å². The Balaban J connectivity index is 0.00000240. The average molecular weight is 419 g/mol. The quantitative estimate of drug-likeness (QED) is 0.491. The number of carboxylic acids is 1. The molecule has 0 aliphatic rings. The third kappa shape index (κ3) is 3.82. The van der Waals surface area contributed by atoms with Gasteiger partial charge in [0.05, 0.1) is 5.56 Å². The average Bonchev–Trinajstić information content (AvgIpc) is 2.77. The number of hydrogen-bond donors (Lipinski definition) is 1. The van der Waals surface area contributed by atoms with Gasteiger partial charge in [-0.05, 0) is 60.7 Å². The normalized spacial score (nSPS) is 10.8. The van der Waals surface area contributed by atoms with Crippen molar-refractivity contribution in [3.63, 3.8) is 0 Å². The van der Waals surface area contributed by atoms with E-state index >= 15 is 0 Å². The van der Waals surface area contributed by atoms with E-state index in [1.807, 2.05) is 30.3 Å². The second-order valence-corrected chi connectivity index (χ2v) is 9.94. The zero-order chi connectivity index (χ0) is 19.4. The van der Waals surface area contributed by atoms with E-state index < -0.39 is 13.2 Å². The van der Waals surface area contributed by atoms with Crippen LogP contribution in [0.5, 0.6) is 0 Å². The second-order valence-electron chi connectivity index (χ2n) is 6.53. The number of carbonyl (C=O) groups is 1. The molecule has 144 valence electrons. The molecular weight excluding hydrogens is 399 g/mol. The Morgan fingerprint density at radius 1 is 0.517 bits per heavy atom. The lowest BCUT2D eigenvalue weighted by Gasteiger charge is -2.27. The van der Waals surface area contributed by atoms with Gasteiger partial charge >= 0.3 is 5.97 Å². The summed E-state index contributed by atoms with van der Waals surface area (Å²) in [4.78, 5) is 11.4. The summed E-state index contributed by atoms with van der Waals surface area (Å²) in [6, 6.07) is 39.0. The third-order valence-electron chi connectivity index (χ3n) is 4.93. The summed E-state index contributed by atoms with van der Waals surface area (Å²) in [5.74, 6) is -0.908. The molecule has 4 rings (SSSR count). The van der Waals surface area contributed by atoms with Crippen LogP contribution >= 0.6 is 7.26 Å². The molecule has 0 spiro atoms. The van der Waals surface area contributed by atoms with Gasteiger partial charge in [-0.3, -0.25) is 0 Å². The zero-order valence-corrected chi connectivity index (χ0v) is 17.3. The molecule has 29 heavy (non-hydrogen) atoms. The van der Waals surface area contributed by atoms with Crippen molar-refractivity contribution in [2.24, 2.45) is 0 Å². The second kappa shape index (κ2) is 9.05. The molecule has 0 aromatic heterocycles. The van der Waals surface area contributed by atoms with E-state index in [-0.39, 0.29) is 12.4 Å². The van der Waals surface area contributed by atoms with Crippen LogP contribution in [-0.2, 0) is 0 Å². The van der Waals surface area contributed by atoms with Crippen molar-refractivity contribution in [2.45, 2.75) is 0 Å². The van der Waals surface area contributed by atoms with Gasteiger partial charge in [0.25, 0.3) is 0 Å². The molecule has 0 radical (unpaired) electrons. The summed E-state index contributed by atoms with van der Waals surface area (Å²) < 4.78 is 0. The first kappa shape index (κ1) is 20.8. The summed E-state index contributed by atoms with van der Waals surface area (Å²) in [6.07, 6.45) is 0. The maximum absolute atomic E-state index is 11.4. The number of aromatic carboxylic acids is 1. The van der Waals surface area contributed by atoms with Crippen LogP contribution in [0.1, 0.15) is 10.4 Å². The molecule has 0 atom stereocenters. The fraction of sp³-hybridized carbons (Fsp3) is 0. The highest BCUT2D eigenvalue weighted by atomic mass is 35.5. The minimum Gasteiger partial charge on any atom is -1.00 e. The van der Waals surface area contributed by atoms with Crippen LogP contribution in [0.4, 0.5) is 0 Å². The highest BCUT2D eigenvalue weighted by Crippen LogP contribution is 2.54. The Morgan fingerprint density at radius 2 is 0.828 bits per heavy atom. The zero-order valence-electron chi connectivity index (χ0n) is 15.7. The molecule has 1 N–H and O–H groups in total. The minimum absolute atomic E-state index is 0. The standard InChI is InChI=1S/C25H19O2P.ClH/c26-25(27)20-16-18-24(19-17-20)28(21-10-4-1-5-11-21,22-12-6-2-7-13-22)23-14-8-3-9-15-23;/h1-19H;1H. The Labute approximate surface area is 177 Å². The minimum atomic E-state index is -2.15. The van der Waals surface area contributed by atoms with Gasteiger partial charge in [0.1, 0.15) is 28.5 Å². The van der Waals surface area contributed by atoms with Gasteiger partial charge in [0.15, 0.2) is 0 Å². The fourth-order valence-corrected chi connectivity index (χ4v) is 7.92. The first-order valence-corrected chi connectivity index (χ1v) is 10.9. The number of halogens is 1. The summed E-state index contributed by atoms with van der Waals surface area (Å²) in [5.41, 5.74) is 0.302. The Morgan fingerprint density at radius 3 is 1.14 bits per heavy atom. The van der Waals surface area contributed by atoms with Crippen molar-refractivity contribution >= 4 is 34.4 Å². The largest absolute Gasteiger partial charge is 1.00 e. The smallest absolute Gasteiger partial charge is 0.335 e. The molecule has 0 saturated heterocycles. The predicted octanol–water partition coefficient (Wildman–Crippen LogP) is 1.01. The van der Waals surface area contributed by atoms with Crippen LogP contribution in [0.15, 0.2) is 115 Å². The molecule has 0 fully saturated rings. The number of rotatable bonds is 5. The molecular formula is C25H20ClO2P. The van der Waals surface area contributed by atoms with Crippen LogP contribution in [0.3, 0.4) is 0 Å². The van der Waals surface area contributed by atoms with Crippen molar-refractivity contribution in [3.05, 3.63) is 121 Å². The molecule has 0 aliphatic heterocycles. The van der Waals surface area contributed by atoms with Gasteiger partial charge in [0.2, 0.25) is 0 Å². The van der Waals surface area contributed by atoms with Crippen molar-refractivity contribution in [3.8, 4) is 0 Å². The van der Waals surface area contributed by atoms with E-state index in [2.05, 4.69) is 72.8 Å². The maximum atomic E-state index is 11.4. The first-order valence-electron chi connectivity index (χ1n) is 9.13. The highest BCUT2D eigenvalue weighted by molar-refractivity contribution is 8.01. The van der Waals surface area contributed by atoms with E-state index in [1.165, 1.54) is 15.9 Å². The van der Waals surface area contributed by atoms with Crippen LogP contribution < -0.4 is 33.6 Å². The van der Waals surface area contributed by atoms with Gasteiger partial charge < -0.3 is 17.5 Å². The Hall–Kier alpha value is -2.93. The summed E-state index contributed by atoms with van der Waals surface area (Å²) >= 11 is 0. The van der Waals surface area contributed by atoms with Crippen molar-refractivity contribution in [2.75, 3.05) is 0 Å². The van der Waals surface area contributed by atoms with Crippen LogP contribution in [0, 0.1) is 0 Å². The molecule has 4 aromatic carbocycles. The topological polar surface area (TPSA) is 37.3 Å². The Kier molecular flexibility index (Phi) is 6.49. The Bertz CT molecular complexity index is 969. The van der Waals surface area contributed by atoms with E-state index in [0.717, 1.165) is 5.30 Å². The van der Waals surface area contributed by atoms with Crippen LogP contribution in [0.25, 0.3) is 0 Å². The van der Waals surface area contributed by atoms with Crippen molar-refractivity contribution in [1.82, 2.24) is 0 Å². The molecule has 2 nitrogen and oxygen atoms in total. The van der Waals surface area contributed by atoms with Crippen molar-refractivity contribution in [1.29, 1.82) is 0 Å². The summed E-state index contributed by atoms with van der Waals surface area (Å²) in [5, 5.41) is 14.2. The summed E-state index contributed by atoms with van der Waals surface area (Å²) in [7, 11) is -2.15. The molecule has 0 heterocycles. The molecule has 4 heteroatoms. The van der Waals surface area contributed by atoms with Gasteiger partial charge in [-0.15, -0.1) is 0 Å². The summed E-state index contributed by atoms with van der Waals surface area (Å²) in [6.45, 7) is 0. The van der Waals surface area contributed by atoms with Gasteiger partial charge in [-0.1, -0.05) is 54.6 Å². The lowest BCUT2D eigenvalue weighted by atomic mass is 10.2. The van der Waals surface area contributed by atoms with Crippen LogP contribution in [-0.4, -0.2) is 11.1 Å². The van der Waals surface area contributed by atoms with Gasteiger partial charge in [-0.2, -0.15) is 0 Å². The lowest BCUT2D eigenvalue weighted by molar-refractivity contribution is -0.0000208. The monoisotopic (exact) mass is 418 g/mol. The molecule has 0 aliphatic carbocycles. The number of hydrogen-bond acceptors (Lipinski definition) is 1. The first-order chi connectivity index (χ1) is 13.7. The van der Waals surface area contributed by atoms with Crippen molar-refractivity contribution < 1.29 is 22.3 Å². The predicted molar refractivity (Wildman–Crippen MR) is 118 cm³/mol. The number of carboxylic acid groups (broad SMARTS) is 1. The van der Waals surface area contributed by atoms with Gasteiger partial charge in [0, 0.05) is 0 Å². The third-order valence-corrected chi connectivity index (χ3v) is 9.22. The maximum Gasteiger partial charge on any atom is 0.335 e. The van der Waals surface area contributed by atoms with Crippen LogP contribution in [0.2, 0.25) is 0 Å². The number of benzene rings is 4. The molecule has 0 unspecified atom stereocenters. The molecule has 4 aromatic rings. The SMILES string of the molecule is O=C(O)c1ccc([P+](c2ccccc2)(c2ccccc2)c2ccccc2)cc1.[Cl-]. The lowest BCUT2D eigenvalue weighted by Crippen LogP contribution is -3.00. The highest BCUT2D eigenvalue weighted by Gasteiger charge is 2.47. The fourth-order valence-electron chi connectivity index (χ4n) is 3.68. The van der Waals surface area contributed by atoms with E-state index in [4.69, 9.17) is 0 Å².